The Kier molecular flexibility index (Phi) is 9.49. The second-order valence-corrected chi connectivity index (χ2v) is 15.3. The Morgan fingerprint density at radius 2 is 0.500 bits per heavy atom. The second-order valence-electron chi connectivity index (χ2n) is 15.3. The highest BCUT2D eigenvalue weighted by atomic mass is 16.3. The molecule has 0 fully saturated rings. The van der Waals surface area contributed by atoms with Crippen molar-refractivity contribution in [2.75, 3.05) is 9.80 Å². The third-order valence-corrected chi connectivity index (χ3v) is 11.5. The summed E-state index contributed by atoms with van der Waals surface area (Å²) >= 11 is 0. The first-order chi connectivity index (χ1) is 30.8. The maximum absolute atomic E-state index is 6.99. The van der Waals surface area contributed by atoms with Crippen LogP contribution in [-0.4, -0.2) is 0 Å². The average Bonchev–Trinajstić information content (AvgIpc) is 3.91. The molecule has 0 aliphatic carbocycles. The molecule has 2 aromatic heterocycles. The van der Waals surface area contributed by atoms with Gasteiger partial charge in [-0.05, 0) is 120 Å². The summed E-state index contributed by atoms with van der Waals surface area (Å²) in [6.45, 7) is 0. The van der Waals surface area contributed by atoms with Crippen molar-refractivity contribution in [2.24, 2.45) is 0 Å². The van der Waals surface area contributed by atoms with Crippen LogP contribution in [0.25, 0.3) is 66.8 Å². The van der Waals surface area contributed by atoms with Crippen LogP contribution in [-0.2, 0) is 0 Å². The number of benzene rings is 9. The maximum Gasteiger partial charge on any atom is 0.143 e. The molecule has 0 unspecified atom stereocenters. The predicted molar refractivity (Wildman–Crippen MR) is 257 cm³/mol. The molecule has 11 rings (SSSR count). The summed E-state index contributed by atoms with van der Waals surface area (Å²) in [5, 5.41) is 1.99. The van der Waals surface area contributed by atoms with Crippen LogP contribution < -0.4 is 9.80 Å². The average molecular weight is 797 g/mol. The lowest BCUT2D eigenvalue weighted by Gasteiger charge is -2.25. The zero-order valence-electron chi connectivity index (χ0n) is 33.8. The van der Waals surface area contributed by atoms with Crippen molar-refractivity contribution in [3.05, 3.63) is 243 Å². The van der Waals surface area contributed by atoms with Gasteiger partial charge >= 0.3 is 0 Å². The van der Waals surface area contributed by atoms with Crippen molar-refractivity contribution in [1.29, 1.82) is 0 Å². The highest BCUT2D eigenvalue weighted by molar-refractivity contribution is 6.11. The van der Waals surface area contributed by atoms with E-state index in [1.54, 1.807) is 0 Å². The molecule has 62 heavy (non-hydrogen) atoms. The van der Waals surface area contributed by atoms with E-state index in [0.29, 0.717) is 0 Å². The molecular weight excluding hydrogens is 757 g/mol. The van der Waals surface area contributed by atoms with E-state index in [-0.39, 0.29) is 0 Å². The Morgan fingerprint density at radius 3 is 0.790 bits per heavy atom. The number of para-hydroxylation sites is 4. The molecule has 9 aromatic carbocycles. The summed E-state index contributed by atoms with van der Waals surface area (Å²) in [6, 6.07) is 84.6. The summed E-state index contributed by atoms with van der Waals surface area (Å²) < 4.78 is 14.0. The standard InChI is InChI=1S/C58H40N2O2/c1-7-19-41(20-8-1)55-51-39-54-52(40-53(51)61-57(55)43-31-35-49(36-32-43)59(45-23-11-3-12-24-45)46-25-13-4-14-26-46)56(42-21-9-2-10-22-42)58(62-54)44-33-37-50(38-34-44)60(47-27-15-5-16-28-47)48-29-17-6-18-30-48/h1-40H. The smallest absolute Gasteiger partial charge is 0.143 e. The van der Waals surface area contributed by atoms with Gasteiger partial charge in [0.15, 0.2) is 0 Å². The number of furan rings is 2. The molecule has 0 atom stereocenters. The predicted octanol–water partition coefficient (Wildman–Crippen LogP) is 16.8. The maximum atomic E-state index is 6.99. The largest absolute Gasteiger partial charge is 0.455 e. The van der Waals surface area contributed by atoms with Crippen molar-refractivity contribution < 1.29 is 8.83 Å². The van der Waals surface area contributed by atoms with Gasteiger partial charge < -0.3 is 18.6 Å². The molecule has 0 aliphatic rings. The molecule has 4 heteroatoms. The third-order valence-electron chi connectivity index (χ3n) is 11.5. The lowest BCUT2D eigenvalue weighted by atomic mass is 9.96. The Morgan fingerprint density at radius 1 is 0.242 bits per heavy atom. The number of fused-ring (bicyclic) bond motifs is 2. The fourth-order valence-corrected chi connectivity index (χ4v) is 8.60. The Bertz CT molecular complexity index is 2930. The van der Waals surface area contributed by atoms with Crippen LogP contribution in [0, 0.1) is 0 Å². The second kappa shape index (κ2) is 16.0. The highest BCUT2D eigenvalue weighted by Gasteiger charge is 2.24. The first-order valence-corrected chi connectivity index (χ1v) is 20.9. The van der Waals surface area contributed by atoms with E-state index < -0.39 is 0 Å². The van der Waals surface area contributed by atoms with Gasteiger partial charge in [-0.25, -0.2) is 0 Å². The summed E-state index contributed by atoms with van der Waals surface area (Å²) in [6.07, 6.45) is 0. The van der Waals surface area contributed by atoms with Crippen molar-refractivity contribution >= 4 is 56.1 Å². The van der Waals surface area contributed by atoms with Gasteiger partial charge in [0.1, 0.15) is 22.7 Å². The van der Waals surface area contributed by atoms with Gasteiger partial charge in [-0.1, -0.05) is 133 Å². The molecular formula is C58H40N2O2. The van der Waals surface area contributed by atoms with E-state index in [1.165, 1.54) is 0 Å². The molecule has 0 bridgehead atoms. The fourth-order valence-electron chi connectivity index (χ4n) is 8.60. The fraction of sp³-hybridized carbons (Fsp3) is 0. The summed E-state index contributed by atoms with van der Waals surface area (Å²) in [5.74, 6) is 1.63. The molecule has 0 radical (unpaired) electrons. The molecule has 0 saturated carbocycles. The summed E-state index contributed by atoms with van der Waals surface area (Å²) in [7, 11) is 0. The molecule has 294 valence electrons. The van der Waals surface area contributed by atoms with E-state index in [9.17, 15) is 0 Å². The van der Waals surface area contributed by atoms with Crippen LogP contribution in [0.2, 0.25) is 0 Å². The van der Waals surface area contributed by atoms with Crippen LogP contribution in [0.5, 0.6) is 0 Å². The van der Waals surface area contributed by atoms with Gasteiger partial charge in [-0.3, -0.25) is 0 Å². The zero-order valence-corrected chi connectivity index (χ0v) is 33.8. The molecule has 0 spiro atoms. The first-order valence-electron chi connectivity index (χ1n) is 20.9. The van der Waals surface area contributed by atoms with E-state index in [0.717, 1.165) is 101 Å². The van der Waals surface area contributed by atoms with Crippen LogP contribution >= 0.6 is 0 Å². The Hall–Kier alpha value is -8.34. The van der Waals surface area contributed by atoms with Crippen molar-refractivity contribution in [3.8, 4) is 44.9 Å². The lowest BCUT2D eigenvalue weighted by Crippen LogP contribution is -2.09. The topological polar surface area (TPSA) is 32.8 Å². The number of rotatable bonds is 10. The third kappa shape index (κ3) is 6.80. The SMILES string of the molecule is c1ccc(-c2c(-c3ccc(N(c4ccccc4)c4ccccc4)cc3)oc3cc4c(-c5ccccc5)c(-c5ccc(N(c6ccccc6)c6ccccc6)cc5)oc4cc23)cc1. The van der Waals surface area contributed by atoms with E-state index >= 15 is 0 Å². The molecule has 2 heterocycles. The lowest BCUT2D eigenvalue weighted by molar-refractivity contribution is 0.628. The molecule has 0 N–H and O–H groups in total. The van der Waals surface area contributed by atoms with Crippen LogP contribution in [0.3, 0.4) is 0 Å². The van der Waals surface area contributed by atoms with Crippen LogP contribution in [0.15, 0.2) is 251 Å². The normalized spacial score (nSPS) is 11.2. The van der Waals surface area contributed by atoms with Crippen molar-refractivity contribution in [3.63, 3.8) is 0 Å². The number of hydrogen-bond acceptors (Lipinski definition) is 4. The van der Waals surface area contributed by atoms with E-state index in [1.807, 2.05) is 24.3 Å². The number of hydrogen-bond donors (Lipinski definition) is 0. The minimum Gasteiger partial charge on any atom is -0.455 e. The molecule has 11 aromatic rings. The van der Waals surface area contributed by atoms with Gasteiger partial charge in [0.25, 0.3) is 0 Å². The number of anilines is 6. The molecule has 4 nitrogen and oxygen atoms in total. The molecule has 0 saturated heterocycles. The minimum atomic E-state index is 0.798. The van der Waals surface area contributed by atoms with E-state index in [2.05, 4.69) is 228 Å². The van der Waals surface area contributed by atoms with Gasteiger partial charge in [-0.15, -0.1) is 0 Å². The van der Waals surface area contributed by atoms with Crippen molar-refractivity contribution in [2.45, 2.75) is 0 Å². The van der Waals surface area contributed by atoms with Gasteiger partial charge in [-0.2, -0.15) is 0 Å². The monoisotopic (exact) mass is 796 g/mol. The molecule has 0 aliphatic heterocycles. The van der Waals surface area contributed by atoms with Gasteiger partial charge in [0, 0.05) is 67.2 Å². The highest BCUT2D eigenvalue weighted by Crippen LogP contribution is 2.48. The number of nitrogens with zero attached hydrogens (tertiary/aromatic N) is 2. The van der Waals surface area contributed by atoms with E-state index in [4.69, 9.17) is 8.83 Å². The van der Waals surface area contributed by atoms with Crippen LogP contribution in [0.4, 0.5) is 34.1 Å². The Balaban J connectivity index is 1.04. The molecule has 0 amide bonds. The Labute approximate surface area is 360 Å². The zero-order chi connectivity index (χ0) is 41.2. The van der Waals surface area contributed by atoms with Gasteiger partial charge in [0.05, 0.1) is 0 Å². The minimum absolute atomic E-state index is 0.798. The van der Waals surface area contributed by atoms with Crippen LogP contribution in [0.1, 0.15) is 0 Å². The van der Waals surface area contributed by atoms with Crippen molar-refractivity contribution in [1.82, 2.24) is 0 Å². The summed E-state index contributed by atoms with van der Waals surface area (Å²) in [4.78, 5) is 4.54. The quantitative estimate of drug-likeness (QED) is 0.138. The van der Waals surface area contributed by atoms with Gasteiger partial charge in [0.2, 0.25) is 0 Å². The summed E-state index contributed by atoms with van der Waals surface area (Å²) in [5.41, 5.74) is 14.3. The first kappa shape index (κ1) is 36.7.